The Hall–Kier alpha value is -2.26. The molecular weight excluding hydrogens is 260 g/mol. The Kier molecular flexibility index (Phi) is 2.17. The molecule has 19 heavy (non-hydrogen) atoms. The van der Waals surface area contributed by atoms with Crippen LogP contribution in [0.4, 0.5) is 0 Å². The molecule has 4 heteroatoms. The van der Waals surface area contributed by atoms with Gasteiger partial charge in [0.15, 0.2) is 0 Å². The van der Waals surface area contributed by atoms with Crippen LogP contribution in [0, 0.1) is 0 Å². The minimum atomic E-state index is 0.491. The number of halogens is 1. The monoisotopic (exact) mass is 268 g/mol. The van der Waals surface area contributed by atoms with Gasteiger partial charge in [0.25, 0.3) is 0 Å². The third kappa shape index (κ3) is 1.63. The zero-order chi connectivity index (χ0) is 12.8. The topological polar surface area (TPSA) is 41.8 Å². The minimum absolute atomic E-state index is 0.491. The first kappa shape index (κ1) is 10.6. The van der Waals surface area contributed by atoms with Crippen LogP contribution in [0.5, 0.6) is 0 Å². The van der Waals surface area contributed by atoms with E-state index in [2.05, 4.69) is 16.0 Å². The summed E-state index contributed by atoms with van der Waals surface area (Å²) in [4.78, 5) is 7.56. The Morgan fingerprint density at radius 3 is 2.84 bits per heavy atom. The van der Waals surface area contributed by atoms with Gasteiger partial charge in [0, 0.05) is 21.9 Å². The molecule has 0 aliphatic rings. The third-order valence-electron chi connectivity index (χ3n) is 3.23. The Balaban J connectivity index is 2.04. The van der Waals surface area contributed by atoms with Crippen molar-refractivity contribution in [2.45, 2.75) is 0 Å². The van der Waals surface area contributed by atoms with Crippen molar-refractivity contribution in [1.29, 1.82) is 0 Å². The summed E-state index contributed by atoms with van der Waals surface area (Å²) in [6, 6.07) is 13.8. The minimum Gasteiger partial charge on any atom is -0.464 e. The number of nitrogens with zero attached hydrogens (tertiary/aromatic N) is 1. The van der Waals surface area contributed by atoms with Crippen molar-refractivity contribution >= 4 is 33.5 Å². The van der Waals surface area contributed by atoms with Gasteiger partial charge in [-0.2, -0.15) is 0 Å². The second-order valence-electron chi connectivity index (χ2n) is 4.39. The highest BCUT2D eigenvalue weighted by atomic mass is 35.5. The summed E-state index contributed by atoms with van der Waals surface area (Å²) < 4.78 is 5.43. The van der Waals surface area contributed by atoms with Crippen LogP contribution in [0.2, 0.25) is 5.15 Å². The number of aromatic amines is 1. The predicted molar refractivity (Wildman–Crippen MR) is 76.3 cm³/mol. The molecule has 0 fully saturated rings. The van der Waals surface area contributed by atoms with E-state index in [0.717, 1.165) is 33.3 Å². The molecule has 0 unspecified atom stereocenters. The number of hydrogen-bond donors (Lipinski definition) is 1. The number of H-pyrrole nitrogens is 1. The molecule has 1 aromatic carbocycles. The van der Waals surface area contributed by atoms with Gasteiger partial charge in [0.05, 0.1) is 6.26 Å². The van der Waals surface area contributed by atoms with Crippen molar-refractivity contribution in [1.82, 2.24) is 9.97 Å². The van der Waals surface area contributed by atoms with Crippen molar-refractivity contribution in [3.8, 4) is 11.3 Å². The maximum atomic E-state index is 5.91. The SMILES string of the molecule is Clc1ccc2c(n1)[nH]c1ccc(-c3ccco3)cc12. The van der Waals surface area contributed by atoms with Crippen molar-refractivity contribution in [2.24, 2.45) is 0 Å². The normalized spacial score (nSPS) is 11.4. The summed E-state index contributed by atoms with van der Waals surface area (Å²) in [6.07, 6.45) is 1.68. The quantitative estimate of drug-likeness (QED) is 0.511. The van der Waals surface area contributed by atoms with Crippen LogP contribution in [0.25, 0.3) is 33.3 Å². The van der Waals surface area contributed by atoms with Crippen LogP contribution in [-0.4, -0.2) is 9.97 Å². The fourth-order valence-electron chi connectivity index (χ4n) is 2.35. The Morgan fingerprint density at radius 2 is 2.00 bits per heavy atom. The van der Waals surface area contributed by atoms with Crippen LogP contribution in [0.3, 0.4) is 0 Å². The molecular formula is C15H9ClN2O. The molecule has 4 rings (SSSR count). The molecule has 4 aromatic rings. The highest BCUT2D eigenvalue weighted by Crippen LogP contribution is 2.30. The van der Waals surface area contributed by atoms with Gasteiger partial charge in [-0.25, -0.2) is 4.98 Å². The zero-order valence-electron chi connectivity index (χ0n) is 9.85. The number of nitrogens with one attached hydrogen (secondary N) is 1. The lowest BCUT2D eigenvalue weighted by Crippen LogP contribution is -1.75. The molecule has 0 amide bonds. The number of hydrogen-bond acceptors (Lipinski definition) is 2. The van der Waals surface area contributed by atoms with Crippen LogP contribution in [-0.2, 0) is 0 Å². The van der Waals surface area contributed by atoms with Gasteiger partial charge in [-0.05, 0) is 42.5 Å². The molecule has 0 aliphatic heterocycles. The van der Waals surface area contributed by atoms with Crippen LogP contribution < -0.4 is 0 Å². The predicted octanol–water partition coefficient (Wildman–Crippen LogP) is 4.63. The second kappa shape index (κ2) is 3.87. The lowest BCUT2D eigenvalue weighted by Gasteiger charge is -1.97. The van der Waals surface area contributed by atoms with Crippen LogP contribution in [0.15, 0.2) is 53.1 Å². The van der Waals surface area contributed by atoms with Gasteiger partial charge in [-0.1, -0.05) is 11.6 Å². The Morgan fingerprint density at radius 1 is 1.05 bits per heavy atom. The van der Waals surface area contributed by atoms with Gasteiger partial charge in [-0.15, -0.1) is 0 Å². The number of rotatable bonds is 1. The van der Waals surface area contributed by atoms with E-state index in [1.807, 2.05) is 30.3 Å². The Bertz CT molecular complexity index is 878. The molecule has 1 N–H and O–H groups in total. The molecule has 0 atom stereocenters. The number of fused-ring (bicyclic) bond motifs is 3. The zero-order valence-corrected chi connectivity index (χ0v) is 10.6. The molecule has 0 saturated heterocycles. The van der Waals surface area contributed by atoms with E-state index < -0.39 is 0 Å². The maximum Gasteiger partial charge on any atom is 0.140 e. The van der Waals surface area contributed by atoms with Gasteiger partial charge < -0.3 is 9.40 Å². The molecule has 0 aliphatic carbocycles. The molecule has 0 radical (unpaired) electrons. The molecule has 0 bridgehead atoms. The van der Waals surface area contributed by atoms with Gasteiger partial charge >= 0.3 is 0 Å². The van der Waals surface area contributed by atoms with Crippen molar-refractivity contribution in [2.75, 3.05) is 0 Å². The summed E-state index contributed by atoms with van der Waals surface area (Å²) in [6.45, 7) is 0. The largest absolute Gasteiger partial charge is 0.464 e. The number of aromatic nitrogens is 2. The van der Waals surface area contributed by atoms with Crippen LogP contribution >= 0.6 is 11.6 Å². The summed E-state index contributed by atoms with van der Waals surface area (Å²) in [7, 11) is 0. The average molecular weight is 269 g/mol. The van der Waals surface area contributed by atoms with E-state index in [4.69, 9.17) is 16.0 Å². The maximum absolute atomic E-state index is 5.91. The molecule has 3 aromatic heterocycles. The van der Waals surface area contributed by atoms with E-state index in [-0.39, 0.29) is 0 Å². The smallest absolute Gasteiger partial charge is 0.140 e. The molecule has 3 heterocycles. The van der Waals surface area contributed by atoms with E-state index in [9.17, 15) is 0 Å². The first-order chi connectivity index (χ1) is 9.31. The number of pyridine rings is 1. The summed E-state index contributed by atoms with van der Waals surface area (Å²) in [5, 5.41) is 2.67. The van der Waals surface area contributed by atoms with Gasteiger partial charge in [0.2, 0.25) is 0 Å². The summed E-state index contributed by atoms with van der Waals surface area (Å²) >= 11 is 5.91. The fourth-order valence-corrected chi connectivity index (χ4v) is 2.50. The molecule has 3 nitrogen and oxygen atoms in total. The van der Waals surface area contributed by atoms with E-state index >= 15 is 0 Å². The highest BCUT2D eigenvalue weighted by molar-refractivity contribution is 6.30. The first-order valence-corrected chi connectivity index (χ1v) is 6.31. The average Bonchev–Trinajstić information content (AvgIpc) is 3.04. The fraction of sp³-hybridized carbons (Fsp3) is 0. The van der Waals surface area contributed by atoms with Gasteiger partial charge in [-0.3, -0.25) is 0 Å². The van der Waals surface area contributed by atoms with Gasteiger partial charge in [0.1, 0.15) is 16.6 Å². The molecule has 0 spiro atoms. The molecule has 0 saturated carbocycles. The first-order valence-electron chi connectivity index (χ1n) is 5.93. The van der Waals surface area contributed by atoms with E-state index in [1.165, 1.54) is 0 Å². The van der Waals surface area contributed by atoms with E-state index in [0.29, 0.717) is 5.15 Å². The van der Waals surface area contributed by atoms with Crippen molar-refractivity contribution in [3.63, 3.8) is 0 Å². The van der Waals surface area contributed by atoms with Crippen molar-refractivity contribution in [3.05, 3.63) is 53.9 Å². The standard InChI is InChI=1S/C15H9ClN2O/c16-14-6-4-10-11-8-9(13-2-1-7-19-13)3-5-12(11)17-15(10)18-14/h1-8H,(H,17,18). The second-order valence-corrected chi connectivity index (χ2v) is 4.78. The summed E-state index contributed by atoms with van der Waals surface area (Å²) in [5.41, 5.74) is 2.90. The van der Waals surface area contributed by atoms with Crippen molar-refractivity contribution < 1.29 is 4.42 Å². The van der Waals surface area contributed by atoms with E-state index in [1.54, 1.807) is 12.3 Å². The summed E-state index contributed by atoms with van der Waals surface area (Å²) in [5.74, 6) is 0.859. The molecule has 92 valence electrons. The lowest BCUT2D eigenvalue weighted by molar-refractivity contribution is 0.582. The third-order valence-corrected chi connectivity index (χ3v) is 3.44. The highest BCUT2D eigenvalue weighted by Gasteiger charge is 2.08. The lowest BCUT2D eigenvalue weighted by atomic mass is 10.1. The number of benzene rings is 1. The van der Waals surface area contributed by atoms with Crippen LogP contribution in [0.1, 0.15) is 0 Å². The Labute approximate surface area is 113 Å². The number of furan rings is 1.